The summed E-state index contributed by atoms with van der Waals surface area (Å²) in [7, 11) is 0. The Morgan fingerprint density at radius 2 is 2.22 bits per heavy atom. The van der Waals surface area contributed by atoms with Gasteiger partial charge in [-0.25, -0.2) is 0 Å². The van der Waals surface area contributed by atoms with Crippen LogP contribution in [0.15, 0.2) is 27.9 Å². The van der Waals surface area contributed by atoms with Gasteiger partial charge in [-0.2, -0.15) is 0 Å². The van der Waals surface area contributed by atoms with E-state index in [2.05, 4.69) is 16.3 Å². The van der Waals surface area contributed by atoms with Gasteiger partial charge in [-0.1, -0.05) is 0 Å². The number of fused-ring (bicyclic) bond motifs is 1. The Morgan fingerprint density at radius 1 is 1.44 bits per heavy atom. The molecule has 4 N–H and O–H groups in total. The first-order valence-corrected chi connectivity index (χ1v) is 11.6. The number of carboxylic acid groups (broad SMARTS) is 1. The van der Waals surface area contributed by atoms with Gasteiger partial charge in [0, 0.05) is 0 Å². The number of nitrogens with two attached hydrogens (primary N) is 1. The third kappa shape index (κ3) is 4.49. The van der Waals surface area contributed by atoms with Gasteiger partial charge >= 0.3 is 168 Å². The predicted molar refractivity (Wildman–Crippen MR) is 93.6 cm³/mol. The Bertz CT molecular complexity index is 770. The zero-order chi connectivity index (χ0) is 19.6. The van der Waals surface area contributed by atoms with Crippen molar-refractivity contribution < 1.29 is 45.0 Å². The van der Waals surface area contributed by atoms with E-state index in [1.54, 1.807) is 6.07 Å². The first kappa shape index (κ1) is 20.2. The molecule has 6 nitrogen and oxygen atoms in total. The van der Waals surface area contributed by atoms with Crippen LogP contribution in [0.2, 0.25) is 0 Å². The molecule has 0 radical (unpaired) electrons. The molecule has 2 aliphatic heterocycles. The molecule has 0 aromatic heterocycles. The van der Waals surface area contributed by atoms with E-state index in [1.807, 2.05) is 0 Å². The number of hydrogen-bond donors (Lipinski definition) is 3. The topological polar surface area (TPSA) is 102 Å². The molecule has 148 valence electrons. The molecule has 4 atom stereocenters. The van der Waals surface area contributed by atoms with Crippen molar-refractivity contribution in [2.45, 2.75) is 31.4 Å². The van der Waals surface area contributed by atoms with Crippen LogP contribution >= 0.6 is 0 Å². The van der Waals surface area contributed by atoms with Crippen molar-refractivity contribution in [3.8, 4) is 0 Å². The summed E-state index contributed by atoms with van der Waals surface area (Å²) in [6.07, 6.45) is 1.02. The second-order valence-corrected chi connectivity index (χ2v) is 9.20. The van der Waals surface area contributed by atoms with Crippen LogP contribution in [0.1, 0.15) is 35.2 Å². The van der Waals surface area contributed by atoms with E-state index in [0.29, 0.717) is 6.61 Å². The molecule has 0 spiro atoms. The molecule has 1 amide bonds. The van der Waals surface area contributed by atoms with Crippen molar-refractivity contribution in [3.63, 3.8) is 0 Å². The number of ether oxygens (including phenoxy) is 1. The van der Waals surface area contributed by atoms with Gasteiger partial charge in [-0.15, -0.1) is 0 Å². The van der Waals surface area contributed by atoms with Gasteiger partial charge in [0.2, 0.25) is 0 Å². The fourth-order valence-electron chi connectivity index (χ4n) is 3.62. The number of benzene rings is 1. The molecule has 1 aromatic carbocycles. The molecule has 0 saturated carbocycles. The van der Waals surface area contributed by atoms with E-state index in [1.165, 1.54) is 17.7 Å². The number of amides is 1. The van der Waals surface area contributed by atoms with E-state index in [-0.39, 0.29) is 51.3 Å². The number of aliphatic carboxylic acids is 1. The summed E-state index contributed by atoms with van der Waals surface area (Å²) in [6.45, 7) is 2.52. The van der Waals surface area contributed by atoms with Crippen molar-refractivity contribution in [3.05, 3.63) is 44.8 Å². The molecule has 1 saturated heterocycles. The Hall–Kier alpha value is -1.52. The van der Waals surface area contributed by atoms with Crippen molar-refractivity contribution in [2.24, 2.45) is 11.7 Å². The molecule has 2 heterocycles. The minimum absolute atomic E-state index is 0.116. The zero-order valence-corrected chi connectivity index (χ0v) is 17.1. The molecular formula is C19H23FIN2O4-. The van der Waals surface area contributed by atoms with Crippen molar-refractivity contribution in [2.75, 3.05) is 17.6 Å². The monoisotopic (exact) mass is 489 g/mol. The molecule has 0 bridgehead atoms. The Labute approximate surface area is 167 Å². The molecule has 1 unspecified atom stereocenters. The normalized spacial score (nSPS) is 25.7. The second-order valence-electron chi connectivity index (χ2n) is 6.81. The number of rotatable bonds is 6. The van der Waals surface area contributed by atoms with Crippen LogP contribution in [0.4, 0.5) is 4.39 Å². The van der Waals surface area contributed by atoms with Crippen LogP contribution in [0, 0.1) is 11.7 Å². The first-order valence-electron chi connectivity index (χ1n) is 8.86. The van der Waals surface area contributed by atoms with Crippen LogP contribution in [-0.2, 0) is 9.53 Å². The van der Waals surface area contributed by atoms with Crippen LogP contribution in [0.5, 0.6) is 0 Å². The first-order chi connectivity index (χ1) is 12.9. The van der Waals surface area contributed by atoms with Crippen molar-refractivity contribution in [1.82, 2.24) is 5.32 Å². The van der Waals surface area contributed by atoms with Crippen molar-refractivity contribution in [1.29, 1.82) is 0 Å². The summed E-state index contributed by atoms with van der Waals surface area (Å²) in [6, 6.07) is 3.19. The number of carboxylic acids is 1. The van der Waals surface area contributed by atoms with Gasteiger partial charge in [0.05, 0.1) is 0 Å². The van der Waals surface area contributed by atoms with Gasteiger partial charge in [-0.05, 0) is 0 Å². The average molecular weight is 489 g/mol. The van der Waals surface area contributed by atoms with Crippen LogP contribution in [0.3, 0.4) is 0 Å². The number of alkyl halides is 1. The molecular weight excluding hydrogens is 466 g/mol. The standard InChI is InChI=1S/C19H23FIN2O4/c1-2-16-17-12(9-27-16)6-21-7-14(17)10-3-11(5-13(20)4-10)18(24)23-8-15(22)19(25)26/h3-6,14-17H,2,7-9,22H2,1H3,(H,23,24)(H,25,26)/q-1/t14-,15+,16+,17?/m0/s1. The summed E-state index contributed by atoms with van der Waals surface area (Å²) in [5.41, 5.74) is 7.71. The van der Waals surface area contributed by atoms with E-state index >= 15 is 0 Å². The van der Waals surface area contributed by atoms with Gasteiger partial charge in [-0.3, -0.25) is 0 Å². The summed E-state index contributed by atoms with van der Waals surface area (Å²) in [5, 5.41) is 11.3. The average Bonchev–Trinajstić information content (AvgIpc) is 3.08. The fourth-order valence-corrected chi connectivity index (χ4v) is 6.64. The summed E-state index contributed by atoms with van der Waals surface area (Å²) in [5.74, 6) is -1.81. The third-order valence-corrected chi connectivity index (χ3v) is 7.71. The Kier molecular flexibility index (Phi) is 6.48. The van der Waals surface area contributed by atoms with E-state index in [4.69, 9.17) is 15.6 Å². The number of hydrogen-bond acceptors (Lipinski definition) is 4. The molecule has 3 rings (SSSR count). The Balaban J connectivity index is 1.82. The maximum atomic E-state index is 14.3. The van der Waals surface area contributed by atoms with E-state index < -0.39 is 23.7 Å². The number of carbonyl (C=O) groups is 2. The number of carbonyl (C=O) groups excluding carboxylic acids is 1. The molecule has 2 aliphatic rings. The van der Waals surface area contributed by atoms with Crippen LogP contribution in [-0.4, -0.2) is 46.7 Å². The van der Waals surface area contributed by atoms with Gasteiger partial charge in [0.1, 0.15) is 0 Å². The van der Waals surface area contributed by atoms with Crippen molar-refractivity contribution >= 4 is 11.9 Å². The molecule has 8 heteroatoms. The van der Waals surface area contributed by atoms with Gasteiger partial charge in [0.15, 0.2) is 0 Å². The molecule has 1 aromatic rings. The number of nitrogens with one attached hydrogen (secondary N) is 1. The minimum atomic E-state index is -1.20. The van der Waals surface area contributed by atoms with Gasteiger partial charge < -0.3 is 0 Å². The quantitative estimate of drug-likeness (QED) is 0.333. The fraction of sp³-hybridized carbons (Fsp3) is 0.474. The van der Waals surface area contributed by atoms with E-state index in [0.717, 1.165) is 16.4 Å². The third-order valence-electron chi connectivity index (χ3n) is 5.01. The SMILES string of the molecule is CC[C@H]1OCC2=C[I-]C[C@@H](c3cc(F)cc(C(=O)NC[C@@H](N)C(=O)O)c3)C21. The molecule has 0 aliphatic carbocycles. The summed E-state index contributed by atoms with van der Waals surface area (Å²) < 4.78 is 23.5. The zero-order valence-electron chi connectivity index (χ0n) is 15.0. The Morgan fingerprint density at radius 3 is 2.93 bits per heavy atom. The van der Waals surface area contributed by atoms with E-state index in [9.17, 15) is 14.0 Å². The molecule has 27 heavy (non-hydrogen) atoms. The second kappa shape index (κ2) is 8.66. The number of halogens is 2. The summed E-state index contributed by atoms with van der Waals surface area (Å²) >= 11 is -0.116. The maximum absolute atomic E-state index is 14.3. The van der Waals surface area contributed by atoms with Crippen LogP contribution in [0.25, 0.3) is 0 Å². The summed E-state index contributed by atoms with van der Waals surface area (Å²) in [4.78, 5) is 23.1. The van der Waals surface area contributed by atoms with Crippen LogP contribution < -0.4 is 32.3 Å². The molecule has 1 fully saturated rings. The predicted octanol–water partition coefficient (Wildman–Crippen LogP) is -1.54. The van der Waals surface area contributed by atoms with Gasteiger partial charge in [0.25, 0.3) is 0 Å².